The molecule has 1 heterocycles. The van der Waals surface area contributed by atoms with Crippen molar-refractivity contribution in [2.24, 2.45) is 5.92 Å². The van der Waals surface area contributed by atoms with Crippen molar-refractivity contribution in [1.82, 2.24) is 26.4 Å². The van der Waals surface area contributed by atoms with E-state index in [0.29, 0.717) is 12.2 Å². The van der Waals surface area contributed by atoms with Gasteiger partial charge in [-0.15, -0.1) is 0 Å². The number of aryl methyl sites for hydroxylation is 2. The molecule has 220 valence electrons. The Bertz CT molecular complexity index is 1280. The highest BCUT2D eigenvalue weighted by Gasteiger charge is 2.30. The Hall–Kier alpha value is -4.50. The fourth-order valence-corrected chi connectivity index (χ4v) is 3.74. The van der Waals surface area contributed by atoms with Gasteiger partial charge in [0.15, 0.2) is 5.69 Å². The van der Waals surface area contributed by atoms with E-state index in [2.05, 4.69) is 26.4 Å². The van der Waals surface area contributed by atoms with Crippen LogP contribution in [0.5, 0.6) is 0 Å². The monoisotopic (exact) mass is 566 g/mol. The Morgan fingerprint density at radius 2 is 1.73 bits per heavy atom. The molecule has 0 spiro atoms. The maximum absolute atomic E-state index is 13.1. The molecule has 3 unspecified atom stereocenters. The normalized spacial score (nSPS) is 13.5. The molecule has 4 amide bonds. The highest BCUT2D eigenvalue weighted by molar-refractivity contribution is 5.98. The largest absolute Gasteiger partial charge is 0.391 e. The molecule has 1 aromatic heterocycles. The van der Waals surface area contributed by atoms with Gasteiger partial charge in [-0.1, -0.05) is 54.9 Å². The van der Waals surface area contributed by atoms with Crippen LogP contribution in [0.2, 0.25) is 0 Å². The number of rotatable bonds is 14. The van der Waals surface area contributed by atoms with Gasteiger partial charge in [-0.05, 0) is 45.1 Å². The second-order valence-corrected chi connectivity index (χ2v) is 10.1. The summed E-state index contributed by atoms with van der Waals surface area (Å²) in [4.78, 5) is 51.1. The lowest BCUT2D eigenvalue weighted by atomic mass is 10.1. The van der Waals surface area contributed by atoms with Crippen LogP contribution in [0.4, 0.5) is 0 Å². The second-order valence-electron chi connectivity index (χ2n) is 10.1. The van der Waals surface area contributed by atoms with Crippen molar-refractivity contribution in [1.29, 1.82) is 5.26 Å². The van der Waals surface area contributed by atoms with Crippen LogP contribution in [-0.2, 0) is 20.9 Å². The quantitative estimate of drug-likeness (QED) is 0.129. The van der Waals surface area contributed by atoms with Crippen LogP contribution in [0, 0.1) is 31.1 Å². The summed E-state index contributed by atoms with van der Waals surface area (Å²) in [5.74, 6) is -2.10. The molecule has 0 aliphatic heterocycles. The Morgan fingerprint density at radius 1 is 1.05 bits per heavy atom. The third kappa shape index (κ3) is 10.9. The van der Waals surface area contributed by atoms with Crippen molar-refractivity contribution in [3.05, 3.63) is 64.6 Å². The molecular weight excluding hydrogens is 528 g/mol. The number of aliphatic hydroxyl groups excluding tert-OH is 1. The zero-order chi connectivity index (χ0) is 30.5. The fraction of sp³-hybridized carbons (Fsp3) is 0.448. The minimum Gasteiger partial charge on any atom is -0.391 e. The minimum absolute atomic E-state index is 0.00137. The molecule has 2 rings (SSSR count). The number of hydrogen-bond acceptors (Lipinski definition) is 8. The van der Waals surface area contributed by atoms with Gasteiger partial charge in [-0.2, -0.15) is 5.26 Å². The van der Waals surface area contributed by atoms with Crippen LogP contribution in [0.25, 0.3) is 0 Å². The molecular formula is C29H38N6O6. The van der Waals surface area contributed by atoms with Crippen LogP contribution < -0.4 is 21.3 Å². The summed E-state index contributed by atoms with van der Waals surface area (Å²) in [7, 11) is 0. The van der Waals surface area contributed by atoms with Crippen molar-refractivity contribution in [2.75, 3.05) is 6.54 Å². The highest BCUT2D eigenvalue weighted by atomic mass is 16.5. The van der Waals surface area contributed by atoms with Gasteiger partial charge in [0.1, 0.15) is 29.5 Å². The first-order valence-corrected chi connectivity index (χ1v) is 13.4. The molecule has 0 aliphatic carbocycles. The third-order valence-corrected chi connectivity index (χ3v) is 5.95. The van der Waals surface area contributed by atoms with E-state index in [1.165, 1.54) is 13.0 Å². The smallest absolute Gasteiger partial charge is 0.274 e. The molecule has 0 fully saturated rings. The summed E-state index contributed by atoms with van der Waals surface area (Å²) in [6.07, 6.45) is 0.685. The Labute approximate surface area is 239 Å². The van der Waals surface area contributed by atoms with Crippen molar-refractivity contribution in [3.8, 4) is 6.07 Å². The predicted octanol–water partition coefficient (Wildman–Crippen LogP) is 1.57. The zero-order valence-corrected chi connectivity index (χ0v) is 24.0. The lowest BCUT2D eigenvalue weighted by Gasteiger charge is -2.24. The van der Waals surface area contributed by atoms with E-state index < -0.39 is 41.8 Å². The molecule has 0 saturated carbocycles. The van der Waals surface area contributed by atoms with Crippen LogP contribution in [0.3, 0.4) is 0 Å². The van der Waals surface area contributed by atoms with Crippen LogP contribution in [0.1, 0.15) is 61.0 Å². The summed E-state index contributed by atoms with van der Waals surface area (Å²) < 4.78 is 4.89. The van der Waals surface area contributed by atoms with Gasteiger partial charge in [0.25, 0.3) is 11.8 Å². The van der Waals surface area contributed by atoms with Gasteiger partial charge < -0.3 is 30.9 Å². The zero-order valence-electron chi connectivity index (χ0n) is 24.0. The maximum atomic E-state index is 13.1. The molecule has 0 aliphatic rings. The van der Waals surface area contributed by atoms with E-state index in [4.69, 9.17) is 4.52 Å². The topological polar surface area (TPSA) is 186 Å². The Morgan fingerprint density at radius 3 is 2.29 bits per heavy atom. The second kappa shape index (κ2) is 15.9. The standard InChI is InChI=1S/C29H38N6O6/c1-17(2)13-22(15-30)26(37)31-12-6-7-23(27(38)32-16-21-10-8-18(3)9-11-21)33-29(40)25(20(5)36)34-28(39)24-14-19(4)41-35-24/h8-11,13-14,17,20,23,25,36H,6-7,12,16H2,1-5H3,(H,31,37)(H,32,38)(H,33,40)(H,34,39). The summed E-state index contributed by atoms with van der Waals surface area (Å²) in [6.45, 7) is 8.95. The van der Waals surface area contributed by atoms with Gasteiger partial charge in [0, 0.05) is 19.2 Å². The summed E-state index contributed by atoms with van der Waals surface area (Å²) >= 11 is 0. The first-order valence-electron chi connectivity index (χ1n) is 13.4. The first kappa shape index (κ1) is 32.7. The van der Waals surface area contributed by atoms with E-state index in [9.17, 15) is 29.5 Å². The Kier molecular flexibility index (Phi) is 12.7. The molecule has 5 N–H and O–H groups in total. The number of aliphatic hydroxyl groups is 1. The predicted molar refractivity (Wildman–Crippen MR) is 150 cm³/mol. The van der Waals surface area contributed by atoms with Crippen molar-refractivity contribution < 1.29 is 28.8 Å². The molecule has 0 radical (unpaired) electrons. The number of nitriles is 1. The van der Waals surface area contributed by atoms with Gasteiger partial charge in [-0.3, -0.25) is 19.2 Å². The molecule has 41 heavy (non-hydrogen) atoms. The lowest BCUT2D eigenvalue weighted by molar-refractivity contribution is -0.131. The van der Waals surface area contributed by atoms with E-state index >= 15 is 0 Å². The van der Waals surface area contributed by atoms with E-state index in [-0.39, 0.29) is 36.7 Å². The Balaban J connectivity index is 2.09. The molecule has 0 saturated heterocycles. The van der Waals surface area contributed by atoms with E-state index in [0.717, 1.165) is 11.1 Å². The van der Waals surface area contributed by atoms with Crippen molar-refractivity contribution >= 4 is 23.6 Å². The summed E-state index contributed by atoms with van der Waals surface area (Å²) in [5.41, 5.74) is 1.87. The number of amides is 4. The SMILES string of the molecule is Cc1ccc(CNC(=O)C(CCCNC(=O)C(C#N)=CC(C)C)NC(=O)C(NC(=O)c2cc(C)on2)C(C)O)cc1. The van der Waals surface area contributed by atoms with Gasteiger partial charge >= 0.3 is 0 Å². The number of nitrogens with zero attached hydrogens (tertiary/aromatic N) is 2. The molecule has 0 bridgehead atoms. The van der Waals surface area contributed by atoms with Crippen LogP contribution >= 0.6 is 0 Å². The number of carbonyl (C=O) groups is 4. The van der Waals surface area contributed by atoms with Crippen LogP contribution in [0.15, 0.2) is 46.5 Å². The molecule has 2 aromatic rings. The molecule has 3 atom stereocenters. The molecule has 1 aromatic carbocycles. The highest BCUT2D eigenvalue weighted by Crippen LogP contribution is 2.07. The third-order valence-electron chi connectivity index (χ3n) is 5.95. The summed E-state index contributed by atoms with van der Waals surface area (Å²) in [5, 5.41) is 33.5. The number of hydrogen-bond donors (Lipinski definition) is 5. The average Bonchev–Trinajstić information content (AvgIpc) is 3.37. The maximum Gasteiger partial charge on any atom is 0.274 e. The van der Waals surface area contributed by atoms with Gasteiger partial charge in [0.05, 0.1) is 6.10 Å². The number of aromatic nitrogens is 1. The van der Waals surface area contributed by atoms with E-state index in [1.54, 1.807) is 13.0 Å². The number of carbonyl (C=O) groups excluding carboxylic acids is 4. The molecule has 12 nitrogen and oxygen atoms in total. The fourth-order valence-electron chi connectivity index (χ4n) is 3.74. The van der Waals surface area contributed by atoms with Crippen molar-refractivity contribution in [3.63, 3.8) is 0 Å². The van der Waals surface area contributed by atoms with Crippen LogP contribution in [-0.4, -0.2) is 58.6 Å². The van der Waals surface area contributed by atoms with Gasteiger partial charge in [-0.25, -0.2) is 0 Å². The lowest BCUT2D eigenvalue weighted by Crippen LogP contribution is -2.57. The van der Waals surface area contributed by atoms with Crippen molar-refractivity contribution in [2.45, 2.75) is 72.2 Å². The summed E-state index contributed by atoms with van der Waals surface area (Å²) in [6, 6.07) is 8.42. The first-order chi connectivity index (χ1) is 19.4. The van der Waals surface area contributed by atoms with Gasteiger partial charge in [0.2, 0.25) is 11.8 Å². The minimum atomic E-state index is -1.38. The number of allylic oxidation sites excluding steroid dienone is 1. The van der Waals surface area contributed by atoms with E-state index in [1.807, 2.05) is 51.1 Å². The molecule has 12 heteroatoms. The average molecular weight is 567 g/mol. The number of benzene rings is 1. The number of nitrogens with one attached hydrogen (secondary N) is 4.